The maximum atomic E-state index is 12.8. The van der Waals surface area contributed by atoms with E-state index in [9.17, 15) is 14.4 Å². The van der Waals surface area contributed by atoms with Gasteiger partial charge in [0.05, 0.1) is 5.56 Å². The van der Waals surface area contributed by atoms with E-state index in [2.05, 4.69) is 12.2 Å². The molecule has 6 nitrogen and oxygen atoms in total. The van der Waals surface area contributed by atoms with Gasteiger partial charge in [-0.15, -0.1) is 0 Å². The van der Waals surface area contributed by atoms with Gasteiger partial charge in [-0.1, -0.05) is 25.1 Å². The lowest BCUT2D eigenvalue weighted by molar-refractivity contribution is 0.0696. The Morgan fingerprint density at radius 3 is 2.48 bits per heavy atom. The van der Waals surface area contributed by atoms with Gasteiger partial charge in [0, 0.05) is 31.9 Å². The van der Waals surface area contributed by atoms with Crippen LogP contribution in [0.1, 0.15) is 46.0 Å². The van der Waals surface area contributed by atoms with Gasteiger partial charge in [0.2, 0.25) is 0 Å². The monoisotopic (exact) mass is 367 g/mol. The molecule has 0 radical (unpaired) electrons. The molecule has 0 spiro atoms. The Morgan fingerprint density at radius 2 is 1.81 bits per heavy atom. The Balaban J connectivity index is 1.86. The zero-order valence-electron chi connectivity index (χ0n) is 16.0. The third-order valence-corrected chi connectivity index (χ3v) is 5.14. The topological polar surface area (TPSA) is 71.4 Å². The summed E-state index contributed by atoms with van der Waals surface area (Å²) in [6.07, 6.45) is 3.49. The molecule has 3 rings (SSSR count). The summed E-state index contributed by atoms with van der Waals surface area (Å²) >= 11 is 0. The van der Waals surface area contributed by atoms with Crippen LogP contribution in [0.15, 0.2) is 41.3 Å². The number of hydrogen-bond acceptors (Lipinski definition) is 3. The molecule has 1 aromatic carbocycles. The Bertz CT molecular complexity index is 925. The fourth-order valence-electron chi connectivity index (χ4n) is 3.33. The molecule has 0 bridgehead atoms. The fourth-order valence-corrected chi connectivity index (χ4v) is 3.33. The van der Waals surface area contributed by atoms with Crippen LogP contribution in [-0.2, 0) is 7.05 Å². The number of benzene rings is 1. The van der Waals surface area contributed by atoms with Crippen LogP contribution < -0.4 is 10.9 Å². The summed E-state index contributed by atoms with van der Waals surface area (Å²) < 4.78 is 1.34. The average Bonchev–Trinajstić information content (AvgIpc) is 2.65. The van der Waals surface area contributed by atoms with Crippen molar-refractivity contribution in [2.24, 2.45) is 13.0 Å². The molecule has 2 aromatic rings. The summed E-state index contributed by atoms with van der Waals surface area (Å²) in [5.41, 5.74) is 1.50. The van der Waals surface area contributed by atoms with Crippen molar-refractivity contribution in [3.63, 3.8) is 0 Å². The summed E-state index contributed by atoms with van der Waals surface area (Å²) in [4.78, 5) is 39.6. The molecule has 2 heterocycles. The molecule has 142 valence electrons. The second-order valence-electron chi connectivity index (χ2n) is 7.30. The molecule has 1 aliphatic heterocycles. The molecule has 0 saturated carbocycles. The fraction of sp³-hybridized carbons (Fsp3) is 0.381. The van der Waals surface area contributed by atoms with E-state index >= 15 is 0 Å². The average molecular weight is 367 g/mol. The van der Waals surface area contributed by atoms with Crippen molar-refractivity contribution >= 4 is 17.5 Å². The van der Waals surface area contributed by atoms with Crippen LogP contribution in [0, 0.1) is 12.8 Å². The smallest absolute Gasteiger partial charge is 0.274 e. The molecule has 2 amide bonds. The molecule has 1 aromatic heterocycles. The normalized spacial score (nSPS) is 14.9. The summed E-state index contributed by atoms with van der Waals surface area (Å²) in [6, 6.07) is 8.66. The molecule has 27 heavy (non-hydrogen) atoms. The maximum absolute atomic E-state index is 12.8. The van der Waals surface area contributed by atoms with E-state index in [-0.39, 0.29) is 23.1 Å². The third kappa shape index (κ3) is 4.10. The van der Waals surface area contributed by atoms with Crippen molar-refractivity contribution in [2.75, 3.05) is 18.4 Å². The summed E-state index contributed by atoms with van der Waals surface area (Å²) in [6.45, 7) is 5.46. The second-order valence-corrected chi connectivity index (χ2v) is 7.30. The van der Waals surface area contributed by atoms with Gasteiger partial charge in [-0.2, -0.15) is 0 Å². The van der Waals surface area contributed by atoms with Crippen molar-refractivity contribution in [1.82, 2.24) is 9.47 Å². The lowest BCUT2D eigenvalue weighted by Crippen LogP contribution is -2.38. The first-order valence-corrected chi connectivity index (χ1v) is 9.23. The molecule has 0 aliphatic carbocycles. The number of nitrogens with zero attached hydrogens (tertiary/aromatic N) is 2. The zero-order valence-corrected chi connectivity index (χ0v) is 16.0. The minimum absolute atomic E-state index is 0.108. The first-order chi connectivity index (χ1) is 12.9. The van der Waals surface area contributed by atoms with Crippen LogP contribution in [0.5, 0.6) is 0 Å². The van der Waals surface area contributed by atoms with Crippen LogP contribution in [0.2, 0.25) is 0 Å². The predicted molar refractivity (Wildman–Crippen MR) is 105 cm³/mol. The highest BCUT2D eigenvalue weighted by atomic mass is 16.2. The van der Waals surface area contributed by atoms with E-state index in [1.807, 2.05) is 24.0 Å². The van der Waals surface area contributed by atoms with Crippen molar-refractivity contribution in [2.45, 2.75) is 26.7 Å². The SMILES string of the molecule is Cc1ccccc1C(=O)Nc1cc(C(=O)N2CCC(C)CC2)cn(C)c1=O. The number of anilines is 1. The van der Waals surface area contributed by atoms with Gasteiger partial charge in [-0.25, -0.2) is 0 Å². The second kappa shape index (κ2) is 7.78. The van der Waals surface area contributed by atoms with Crippen molar-refractivity contribution in [3.05, 3.63) is 63.6 Å². The number of aryl methyl sites for hydroxylation is 2. The van der Waals surface area contributed by atoms with Crippen LogP contribution in [-0.4, -0.2) is 34.4 Å². The standard InChI is InChI=1S/C21H25N3O3/c1-14-8-10-24(11-9-14)20(26)16-12-18(21(27)23(3)13-16)22-19(25)17-7-5-4-6-15(17)2/h4-7,12-14H,8-11H2,1-3H3,(H,22,25). The van der Waals surface area contributed by atoms with Gasteiger partial charge >= 0.3 is 0 Å². The molecule has 0 atom stereocenters. The number of carbonyl (C=O) groups is 2. The Morgan fingerprint density at radius 1 is 1.15 bits per heavy atom. The van der Waals surface area contributed by atoms with E-state index in [1.165, 1.54) is 16.8 Å². The summed E-state index contributed by atoms with van der Waals surface area (Å²) in [5.74, 6) is 0.156. The first kappa shape index (κ1) is 18.9. The maximum Gasteiger partial charge on any atom is 0.274 e. The van der Waals surface area contributed by atoms with Gasteiger partial charge in [0.1, 0.15) is 5.69 Å². The molecule has 1 fully saturated rings. The number of piperidine rings is 1. The van der Waals surface area contributed by atoms with Gasteiger partial charge in [0.15, 0.2) is 0 Å². The first-order valence-electron chi connectivity index (χ1n) is 9.23. The van der Waals surface area contributed by atoms with Gasteiger partial charge in [-0.3, -0.25) is 14.4 Å². The number of hydrogen-bond donors (Lipinski definition) is 1. The number of rotatable bonds is 3. The number of aromatic nitrogens is 1. The number of pyridine rings is 1. The van der Waals surface area contributed by atoms with Gasteiger partial charge < -0.3 is 14.8 Å². The Hall–Kier alpha value is -2.89. The quantitative estimate of drug-likeness (QED) is 0.907. The minimum atomic E-state index is -0.360. The van der Waals surface area contributed by atoms with Gasteiger partial charge in [0.25, 0.3) is 17.4 Å². The van der Waals surface area contributed by atoms with Crippen LogP contribution >= 0.6 is 0 Å². The molecule has 1 aliphatic rings. The molecule has 1 N–H and O–H groups in total. The van der Waals surface area contributed by atoms with Crippen molar-refractivity contribution in [1.29, 1.82) is 0 Å². The molecule has 6 heteroatoms. The predicted octanol–water partition coefficient (Wildman–Crippen LogP) is 2.82. The highest BCUT2D eigenvalue weighted by molar-refractivity contribution is 6.05. The summed E-state index contributed by atoms with van der Waals surface area (Å²) in [7, 11) is 1.58. The number of likely N-dealkylation sites (tertiary alicyclic amines) is 1. The zero-order chi connectivity index (χ0) is 19.6. The van der Waals surface area contributed by atoms with Crippen LogP contribution in [0.3, 0.4) is 0 Å². The van der Waals surface area contributed by atoms with Crippen molar-refractivity contribution < 1.29 is 9.59 Å². The summed E-state index contributed by atoms with van der Waals surface area (Å²) in [5, 5.41) is 2.67. The molecule has 0 unspecified atom stereocenters. The minimum Gasteiger partial charge on any atom is -0.339 e. The molecule has 1 saturated heterocycles. The third-order valence-electron chi connectivity index (χ3n) is 5.14. The van der Waals surface area contributed by atoms with Crippen LogP contribution in [0.4, 0.5) is 5.69 Å². The molecular formula is C21H25N3O3. The number of carbonyl (C=O) groups excluding carboxylic acids is 2. The van der Waals surface area contributed by atoms with E-state index in [1.54, 1.807) is 19.2 Å². The Labute approximate surface area is 158 Å². The highest BCUT2D eigenvalue weighted by Gasteiger charge is 2.23. The van der Waals surface area contributed by atoms with Crippen molar-refractivity contribution in [3.8, 4) is 0 Å². The van der Waals surface area contributed by atoms with E-state index in [0.29, 0.717) is 30.1 Å². The van der Waals surface area contributed by atoms with E-state index in [0.717, 1.165) is 18.4 Å². The number of nitrogens with one attached hydrogen (secondary N) is 1. The largest absolute Gasteiger partial charge is 0.339 e. The van der Waals surface area contributed by atoms with Gasteiger partial charge in [-0.05, 0) is 43.4 Å². The lowest BCUT2D eigenvalue weighted by Gasteiger charge is -2.30. The molecular weight excluding hydrogens is 342 g/mol. The Kier molecular flexibility index (Phi) is 5.44. The number of amides is 2. The lowest BCUT2D eigenvalue weighted by atomic mass is 9.99. The van der Waals surface area contributed by atoms with E-state index in [4.69, 9.17) is 0 Å². The van der Waals surface area contributed by atoms with Crippen LogP contribution in [0.25, 0.3) is 0 Å². The van der Waals surface area contributed by atoms with E-state index < -0.39 is 0 Å². The highest BCUT2D eigenvalue weighted by Crippen LogP contribution is 2.19.